The molecule has 1 atom stereocenters. The lowest BCUT2D eigenvalue weighted by Crippen LogP contribution is -2.44. The molecule has 192 valence electrons. The van der Waals surface area contributed by atoms with E-state index in [2.05, 4.69) is 20.6 Å². The zero-order valence-corrected chi connectivity index (χ0v) is 20.9. The first-order valence-corrected chi connectivity index (χ1v) is 12.6. The van der Waals surface area contributed by atoms with Crippen LogP contribution in [0.5, 0.6) is 5.75 Å². The molecule has 2 fully saturated rings. The number of cyclic esters (lactones) is 1. The number of esters is 1. The molecule has 0 bridgehead atoms. The number of benzene rings is 2. The van der Waals surface area contributed by atoms with Crippen molar-refractivity contribution in [1.82, 2.24) is 14.9 Å². The average Bonchev–Trinajstić information content (AvgIpc) is 3.71. The van der Waals surface area contributed by atoms with E-state index in [1.54, 1.807) is 6.08 Å². The van der Waals surface area contributed by atoms with Crippen LogP contribution in [0.4, 0.5) is 11.5 Å². The Balaban J connectivity index is 1.32. The van der Waals surface area contributed by atoms with Gasteiger partial charge in [0.05, 0.1) is 24.4 Å². The fourth-order valence-corrected chi connectivity index (χ4v) is 4.25. The smallest absolute Gasteiger partial charge is 0.320 e. The van der Waals surface area contributed by atoms with Crippen molar-refractivity contribution in [2.75, 3.05) is 36.9 Å². The molecule has 9 nitrogen and oxygen atoms in total. The van der Waals surface area contributed by atoms with Gasteiger partial charge in [-0.1, -0.05) is 36.4 Å². The molecule has 2 heterocycles. The number of rotatable bonds is 10. The molecule has 1 saturated heterocycles. The molecule has 1 amide bonds. The highest BCUT2D eigenvalue weighted by Gasteiger charge is 2.24. The number of hydrogen-bond acceptors (Lipinski definition) is 8. The van der Waals surface area contributed by atoms with Crippen molar-refractivity contribution in [1.29, 1.82) is 0 Å². The van der Waals surface area contributed by atoms with Gasteiger partial charge < -0.3 is 20.1 Å². The summed E-state index contributed by atoms with van der Waals surface area (Å²) in [5.41, 5.74) is 2.43. The van der Waals surface area contributed by atoms with E-state index in [4.69, 9.17) is 9.47 Å². The average molecular weight is 502 g/mol. The second-order valence-corrected chi connectivity index (χ2v) is 9.57. The third-order valence-corrected chi connectivity index (χ3v) is 6.30. The fourth-order valence-electron chi connectivity index (χ4n) is 4.25. The minimum atomic E-state index is -0.279. The number of morpholine rings is 1. The van der Waals surface area contributed by atoms with Gasteiger partial charge in [-0.2, -0.15) is 0 Å². The van der Waals surface area contributed by atoms with Crippen molar-refractivity contribution in [3.63, 3.8) is 0 Å². The zero-order chi connectivity index (χ0) is 25.6. The molecular formula is C28H31N5O4. The summed E-state index contributed by atoms with van der Waals surface area (Å²) in [4.78, 5) is 35.3. The van der Waals surface area contributed by atoms with Gasteiger partial charge in [-0.05, 0) is 37.3 Å². The summed E-state index contributed by atoms with van der Waals surface area (Å²) < 4.78 is 11.2. The first kappa shape index (κ1) is 24.7. The van der Waals surface area contributed by atoms with E-state index < -0.39 is 0 Å². The minimum Gasteiger partial charge on any atom is -0.491 e. The van der Waals surface area contributed by atoms with E-state index in [1.807, 2.05) is 54.3 Å². The number of carbonyl (C=O) groups excluding carboxylic acids is 2. The summed E-state index contributed by atoms with van der Waals surface area (Å²) in [7, 11) is 0. The summed E-state index contributed by atoms with van der Waals surface area (Å²) in [5, 5.41) is 7.13. The predicted molar refractivity (Wildman–Crippen MR) is 141 cm³/mol. The minimum absolute atomic E-state index is 0.154. The number of hydrogen-bond donors (Lipinski definition) is 2. The summed E-state index contributed by atoms with van der Waals surface area (Å²) in [6.45, 7) is 4.42. The monoisotopic (exact) mass is 501 g/mol. The van der Waals surface area contributed by atoms with Gasteiger partial charge in [-0.15, -0.1) is 0 Å². The van der Waals surface area contributed by atoms with Crippen LogP contribution < -0.4 is 15.4 Å². The second-order valence-electron chi connectivity index (χ2n) is 9.57. The number of amides is 1. The van der Waals surface area contributed by atoms with Crippen LogP contribution in [0, 0.1) is 5.92 Å². The predicted octanol–water partition coefficient (Wildman–Crippen LogP) is 3.77. The van der Waals surface area contributed by atoms with Crippen LogP contribution in [-0.4, -0.2) is 59.1 Å². The summed E-state index contributed by atoms with van der Waals surface area (Å²) >= 11 is 0. The molecule has 0 spiro atoms. The lowest BCUT2D eigenvalue weighted by Gasteiger charge is -2.29. The zero-order valence-electron chi connectivity index (χ0n) is 20.9. The highest BCUT2D eigenvalue weighted by Crippen LogP contribution is 2.35. The highest BCUT2D eigenvalue weighted by molar-refractivity contribution is 6.03. The number of anilines is 2. The summed E-state index contributed by atoms with van der Waals surface area (Å²) in [6.07, 6.45) is 6.93. The van der Waals surface area contributed by atoms with E-state index in [1.165, 1.54) is 12.4 Å². The van der Waals surface area contributed by atoms with Crippen LogP contribution in [0.3, 0.4) is 0 Å². The number of carbonyl (C=O) groups is 2. The van der Waals surface area contributed by atoms with Gasteiger partial charge in [0.2, 0.25) is 5.91 Å². The van der Waals surface area contributed by atoms with Gasteiger partial charge in [0, 0.05) is 37.2 Å². The first-order valence-electron chi connectivity index (χ1n) is 12.6. The maximum absolute atomic E-state index is 12.8. The Labute approximate surface area is 215 Å². The molecule has 2 aromatic carbocycles. The maximum atomic E-state index is 12.8. The Morgan fingerprint density at radius 2 is 2.05 bits per heavy atom. The van der Waals surface area contributed by atoms with Crippen LogP contribution in [0.25, 0.3) is 10.9 Å². The molecule has 0 radical (unpaired) electrons. The lowest BCUT2D eigenvalue weighted by molar-refractivity contribution is -0.156. The molecule has 0 unspecified atom stereocenters. The van der Waals surface area contributed by atoms with Crippen molar-refractivity contribution >= 4 is 34.3 Å². The van der Waals surface area contributed by atoms with Crippen molar-refractivity contribution in [2.45, 2.75) is 32.4 Å². The van der Waals surface area contributed by atoms with Gasteiger partial charge in [0.25, 0.3) is 0 Å². The van der Waals surface area contributed by atoms with Crippen LogP contribution >= 0.6 is 0 Å². The van der Waals surface area contributed by atoms with Crippen LogP contribution in [0.2, 0.25) is 0 Å². The van der Waals surface area contributed by atoms with E-state index in [0.717, 1.165) is 29.3 Å². The third kappa shape index (κ3) is 6.83. The number of nitrogens with one attached hydrogen (secondary N) is 2. The number of fused-ring (bicyclic) bond motifs is 1. The van der Waals surface area contributed by atoms with E-state index in [-0.39, 0.29) is 24.5 Å². The van der Waals surface area contributed by atoms with Crippen LogP contribution in [0.15, 0.2) is 60.9 Å². The van der Waals surface area contributed by atoms with Crippen LogP contribution in [-0.2, 0) is 20.9 Å². The van der Waals surface area contributed by atoms with Crippen molar-refractivity contribution in [2.24, 2.45) is 5.92 Å². The van der Waals surface area contributed by atoms with E-state index in [0.29, 0.717) is 49.4 Å². The van der Waals surface area contributed by atoms with Gasteiger partial charge in [0.1, 0.15) is 24.0 Å². The molecule has 1 aliphatic carbocycles. The molecule has 1 saturated carbocycles. The van der Waals surface area contributed by atoms with Crippen molar-refractivity contribution in [3.8, 4) is 5.75 Å². The Morgan fingerprint density at radius 3 is 2.84 bits per heavy atom. The summed E-state index contributed by atoms with van der Waals surface area (Å²) in [5.74, 6) is 1.30. The number of nitrogens with zero attached hydrogens (tertiary/aromatic N) is 3. The molecular weight excluding hydrogens is 470 g/mol. The first-order chi connectivity index (χ1) is 18.0. The normalized spacial score (nSPS) is 18.1. The van der Waals surface area contributed by atoms with E-state index in [9.17, 15) is 9.59 Å². The molecule has 2 N–H and O–H groups in total. The highest BCUT2D eigenvalue weighted by atomic mass is 16.5. The Kier molecular flexibility index (Phi) is 7.60. The fraction of sp³-hybridized carbons (Fsp3) is 0.357. The Morgan fingerprint density at radius 1 is 1.22 bits per heavy atom. The number of ether oxygens (including phenoxy) is 2. The molecule has 3 aromatic rings. The standard InChI is InChI=1S/C28H31N5O4/c1-19-15-33(16-27(35)37-19)11-5-8-26(34)32-24-12-22-23(13-25(24)36-17-21-9-10-21)30-18-31-28(22)29-14-20-6-3-2-4-7-20/h2-8,12-13,18-19,21H,9-11,14-17H2,1H3,(H,32,34)(H,29,30,31)/t19-/m1/s1. The lowest BCUT2D eigenvalue weighted by atomic mass is 10.1. The maximum Gasteiger partial charge on any atom is 0.320 e. The van der Waals surface area contributed by atoms with Gasteiger partial charge in [-0.3, -0.25) is 14.5 Å². The van der Waals surface area contributed by atoms with Crippen molar-refractivity contribution in [3.05, 3.63) is 66.5 Å². The number of aromatic nitrogens is 2. The van der Waals surface area contributed by atoms with Crippen LogP contribution in [0.1, 0.15) is 25.3 Å². The molecule has 1 aromatic heterocycles. The van der Waals surface area contributed by atoms with Gasteiger partial charge in [0.15, 0.2) is 0 Å². The molecule has 5 rings (SSSR count). The Bertz CT molecular complexity index is 1290. The van der Waals surface area contributed by atoms with Crippen molar-refractivity contribution < 1.29 is 19.1 Å². The summed E-state index contributed by atoms with van der Waals surface area (Å²) in [6, 6.07) is 13.8. The topological polar surface area (TPSA) is 106 Å². The SMILES string of the molecule is C[C@@H]1CN(CC=CC(=O)Nc2cc3c(NCc4ccccc4)ncnc3cc2OCC2CC2)CC(=O)O1. The van der Waals surface area contributed by atoms with Gasteiger partial charge >= 0.3 is 5.97 Å². The molecule has 1 aliphatic heterocycles. The largest absolute Gasteiger partial charge is 0.491 e. The second kappa shape index (κ2) is 11.4. The Hall–Kier alpha value is -3.98. The van der Waals surface area contributed by atoms with Gasteiger partial charge in [-0.25, -0.2) is 9.97 Å². The molecule has 37 heavy (non-hydrogen) atoms. The molecule has 9 heteroatoms. The molecule has 2 aliphatic rings. The van der Waals surface area contributed by atoms with E-state index >= 15 is 0 Å². The quantitative estimate of drug-likeness (QED) is 0.320. The third-order valence-electron chi connectivity index (χ3n) is 6.30.